The van der Waals surface area contributed by atoms with Crippen LogP contribution in [0.5, 0.6) is 5.75 Å². The van der Waals surface area contributed by atoms with Crippen molar-refractivity contribution in [3.8, 4) is 17.2 Å². The molecule has 4 rings (SSSR count). The van der Waals surface area contributed by atoms with Crippen molar-refractivity contribution >= 4 is 5.97 Å². The number of benzene rings is 2. The SMILES string of the molecule is CC(NOCC1CC1)=C(Cc1ccc(OCCc2nc(-c3ccccc3)oc2C)cc1)C(=O)O. The summed E-state index contributed by atoms with van der Waals surface area (Å²) in [5, 5.41) is 9.61. The number of nitrogens with one attached hydrogen (secondary N) is 1. The fourth-order valence-corrected chi connectivity index (χ4v) is 3.52. The monoisotopic (exact) mass is 462 g/mol. The molecule has 2 N–H and O–H groups in total. The second-order valence-corrected chi connectivity index (χ2v) is 8.57. The minimum atomic E-state index is -0.960. The number of aliphatic carboxylic acids is 1. The Morgan fingerprint density at radius 3 is 2.56 bits per heavy atom. The highest BCUT2D eigenvalue weighted by molar-refractivity contribution is 5.87. The first-order valence-corrected chi connectivity index (χ1v) is 11.5. The summed E-state index contributed by atoms with van der Waals surface area (Å²) in [5.74, 6) is 1.76. The predicted octanol–water partition coefficient (Wildman–Crippen LogP) is 5.10. The van der Waals surface area contributed by atoms with Crippen LogP contribution in [0.15, 0.2) is 70.3 Å². The molecule has 1 saturated carbocycles. The number of hydrogen-bond acceptors (Lipinski definition) is 6. The fourth-order valence-electron chi connectivity index (χ4n) is 3.52. The van der Waals surface area contributed by atoms with Gasteiger partial charge in [0.1, 0.15) is 11.5 Å². The van der Waals surface area contributed by atoms with Crippen LogP contribution < -0.4 is 10.2 Å². The van der Waals surface area contributed by atoms with Gasteiger partial charge in [-0.15, -0.1) is 0 Å². The van der Waals surface area contributed by atoms with Gasteiger partial charge in [0, 0.05) is 24.1 Å². The second-order valence-electron chi connectivity index (χ2n) is 8.57. The number of oxazole rings is 1. The summed E-state index contributed by atoms with van der Waals surface area (Å²) in [6.07, 6.45) is 3.28. The molecule has 1 aliphatic rings. The molecule has 1 aromatic heterocycles. The molecule has 0 saturated heterocycles. The van der Waals surface area contributed by atoms with Crippen LogP contribution >= 0.6 is 0 Å². The standard InChI is InChI=1S/C27H30N2O5/c1-18(29-33-17-21-8-9-21)24(27(30)31)16-20-10-12-23(13-11-20)32-15-14-25-19(2)34-26(28-25)22-6-4-3-5-7-22/h3-7,10-13,21,29H,8-9,14-17H2,1-2H3,(H,30,31). The van der Waals surface area contributed by atoms with Crippen molar-refractivity contribution < 1.29 is 23.9 Å². The van der Waals surface area contributed by atoms with Crippen molar-refractivity contribution in [1.82, 2.24) is 10.5 Å². The number of carboxylic acid groups (broad SMARTS) is 1. The molecule has 7 nitrogen and oxygen atoms in total. The van der Waals surface area contributed by atoms with Gasteiger partial charge in [0.15, 0.2) is 0 Å². The number of carboxylic acids is 1. The lowest BCUT2D eigenvalue weighted by Gasteiger charge is -2.12. The molecule has 1 heterocycles. The van der Waals surface area contributed by atoms with E-state index in [-0.39, 0.29) is 5.57 Å². The topological polar surface area (TPSA) is 93.8 Å². The summed E-state index contributed by atoms with van der Waals surface area (Å²) < 4.78 is 11.7. The van der Waals surface area contributed by atoms with Crippen LogP contribution in [0.3, 0.4) is 0 Å². The van der Waals surface area contributed by atoms with Crippen LogP contribution in [0.2, 0.25) is 0 Å². The maximum absolute atomic E-state index is 11.7. The van der Waals surface area contributed by atoms with Gasteiger partial charge in [-0.1, -0.05) is 30.3 Å². The van der Waals surface area contributed by atoms with Gasteiger partial charge in [-0.3, -0.25) is 10.3 Å². The zero-order chi connectivity index (χ0) is 23.9. The zero-order valence-corrected chi connectivity index (χ0v) is 19.5. The predicted molar refractivity (Wildman–Crippen MR) is 128 cm³/mol. The molecule has 0 amide bonds. The Hall–Kier alpha value is -3.58. The second kappa shape index (κ2) is 11.0. The number of carbonyl (C=O) groups is 1. The average Bonchev–Trinajstić information content (AvgIpc) is 3.59. The summed E-state index contributed by atoms with van der Waals surface area (Å²) in [6.45, 7) is 4.70. The van der Waals surface area contributed by atoms with Gasteiger partial charge >= 0.3 is 5.97 Å². The van der Waals surface area contributed by atoms with Crippen LogP contribution in [0.1, 0.15) is 36.8 Å². The van der Waals surface area contributed by atoms with Crippen molar-refractivity contribution in [3.63, 3.8) is 0 Å². The van der Waals surface area contributed by atoms with E-state index in [9.17, 15) is 9.90 Å². The summed E-state index contributed by atoms with van der Waals surface area (Å²) in [6, 6.07) is 17.3. The van der Waals surface area contributed by atoms with E-state index in [2.05, 4.69) is 10.5 Å². The van der Waals surface area contributed by atoms with E-state index in [1.165, 1.54) is 12.8 Å². The number of aryl methyl sites for hydroxylation is 1. The largest absolute Gasteiger partial charge is 0.493 e. The third kappa shape index (κ3) is 6.48. The van der Waals surface area contributed by atoms with E-state index in [1.54, 1.807) is 6.92 Å². The summed E-state index contributed by atoms with van der Waals surface area (Å²) in [5.41, 5.74) is 6.29. The lowest BCUT2D eigenvalue weighted by molar-refractivity contribution is -0.132. The van der Waals surface area contributed by atoms with Crippen LogP contribution in [-0.4, -0.2) is 29.3 Å². The molecular weight excluding hydrogens is 432 g/mol. The smallest absolute Gasteiger partial charge is 0.333 e. The molecule has 0 radical (unpaired) electrons. The molecule has 1 fully saturated rings. The number of allylic oxidation sites excluding steroid dienone is 1. The fraction of sp³-hybridized carbons (Fsp3) is 0.333. The van der Waals surface area contributed by atoms with E-state index in [4.69, 9.17) is 14.0 Å². The third-order valence-corrected chi connectivity index (χ3v) is 5.78. The van der Waals surface area contributed by atoms with Gasteiger partial charge in [0.2, 0.25) is 5.89 Å². The highest BCUT2D eigenvalue weighted by Crippen LogP contribution is 2.28. The Bertz CT molecular complexity index is 1130. The van der Waals surface area contributed by atoms with Gasteiger partial charge in [-0.2, -0.15) is 0 Å². The molecule has 178 valence electrons. The Kier molecular flexibility index (Phi) is 7.65. The van der Waals surface area contributed by atoms with E-state index in [0.29, 0.717) is 43.6 Å². The molecule has 1 aliphatic carbocycles. The minimum absolute atomic E-state index is 0.278. The molecule has 0 bridgehead atoms. The zero-order valence-electron chi connectivity index (χ0n) is 19.5. The quantitative estimate of drug-likeness (QED) is 0.286. The Labute approximate surface area is 199 Å². The van der Waals surface area contributed by atoms with Gasteiger partial charge in [-0.05, 0) is 62.4 Å². The summed E-state index contributed by atoms with van der Waals surface area (Å²) in [4.78, 5) is 21.7. The molecular formula is C27H30N2O5. The normalized spacial score (nSPS) is 13.9. The molecule has 2 aromatic carbocycles. The van der Waals surface area contributed by atoms with Gasteiger partial charge in [0.25, 0.3) is 0 Å². The number of aromatic nitrogens is 1. The van der Waals surface area contributed by atoms with Crippen LogP contribution in [0.25, 0.3) is 11.5 Å². The van der Waals surface area contributed by atoms with Gasteiger partial charge in [0.05, 0.1) is 24.5 Å². The first-order chi connectivity index (χ1) is 16.5. The van der Waals surface area contributed by atoms with Crippen LogP contribution in [0.4, 0.5) is 0 Å². The number of rotatable bonds is 12. The Morgan fingerprint density at radius 2 is 1.88 bits per heavy atom. The van der Waals surface area contributed by atoms with E-state index in [0.717, 1.165) is 28.3 Å². The molecule has 0 aliphatic heterocycles. The molecule has 34 heavy (non-hydrogen) atoms. The maximum Gasteiger partial charge on any atom is 0.333 e. The van der Waals surface area contributed by atoms with Crippen molar-refractivity contribution in [2.24, 2.45) is 5.92 Å². The van der Waals surface area contributed by atoms with Crippen molar-refractivity contribution in [2.45, 2.75) is 39.5 Å². The lowest BCUT2D eigenvalue weighted by Crippen LogP contribution is -2.19. The Balaban J connectivity index is 1.29. The van der Waals surface area contributed by atoms with E-state index in [1.807, 2.05) is 61.5 Å². The van der Waals surface area contributed by atoms with Crippen LogP contribution in [-0.2, 0) is 22.5 Å². The van der Waals surface area contributed by atoms with E-state index >= 15 is 0 Å². The molecule has 0 spiro atoms. The summed E-state index contributed by atoms with van der Waals surface area (Å²) >= 11 is 0. The van der Waals surface area contributed by atoms with Gasteiger partial charge < -0.3 is 14.3 Å². The first kappa shape index (κ1) is 23.6. The first-order valence-electron chi connectivity index (χ1n) is 11.5. The molecule has 7 heteroatoms. The summed E-state index contributed by atoms with van der Waals surface area (Å²) in [7, 11) is 0. The number of hydrogen-bond donors (Lipinski definition) is 2. The van der Waals surface area contributed by atoms with Crippen molar-refractivity contribution in [1.29, 1.82) is 0 Å². The number of ether oxygens (including phenoxy) is 1. The maximum atomic E-state index is 11.7. The molecule has 0 unspecified atom stereocenters. The third-order valence-electron chi connectivity index (χ3n) is 5.78. The van der Waals surface area contributed by atoms with E-state index < -0.39 is 5.97 Å². The minimum Gasteiger partial charge on any atom is -0.493 e. The van der Waals surface area contributed by atoms with Crippen molar-refractivity contribution in [3.05, 3.63) is 82.9 Å². The van der Waals surface area contributed by atoms with Crippen molar-refractivity contribution in [2.75, 3.05) is 13.2 Å². The molecule has 0 atom stereocenters. The number of hydroxylamine groups is 1. The van der Waals surface area contributed by atoms with Gasteiger partial charge in [-0.25, -0.2) is 9.78 Å². The van der Waals surface area contributed by atoms with Crippen LogP contribution in [0, 0.1) is 12.8 Å². The highest BCUT2D eigenvalue weighted by atomic mass is 16.6. The Morgan fingerprint density at radius 1 is 1.15 bits per heavy atom. The lowest BCUT2D eigenvalue weighted by atomic mass is 10.0. The average molecular weight is 463 g/mol. The highest BCUT2D eigenvalue weighted by Gasteiger charge is 2.22. The molecule has 3 aromatic rings. The number of nitrogens with zero attached hydrogens (tertiary/aromatic N) is 1.